The first-order valence-corrected chi connectivity index (χ1v) is 6.14. The van der Waals surface area contributed by atoms with Crippen molar-refractivity contribution in [2.24, 2.45) is 5.73 Å². The van der Waals surface area contributed by atoms with Crippen molar-refractivity contribution in [3.8, 4) is 0 Å². The summed E-state index contributed by atoms with van der Waals surface area (Å²) in [4.78, 5) is 10.9. The lowest BCUT2D eigenvalue weighted by Gasteiger charge is -2.17. The van der Waals surface area contributed by atoms with Gasteiger partial charge in [-0.3, -0.25) is 4.79 Å². The molecule has 2 aromatic rings. The number of aliphatic hydroxyl groups is 2. The third-order valence-corrected chi connectivity index (χ3v) is 3.69. The van der Waals surface area contributed by atoms with Gasteiger partial charge in [-0.1, -0.05) is 36.4 Å². The molecule has 0 saturated carbocycles. The Labute approximate surface area is 112 Å². The molecule has 18 heavy (non-hydrogen) atoms. The number of nitrogens with two attached hydrogens (primary N) is 1. The van der Waals surface area contributed by atoms with Crippen molar-refractivity contribution in [2.75, 3.05) is 0 Å². The van der Waals surface area contributed by atoms with Crippen LogP contribution in [0.1, 0.15) is 11.7 Å². The second kappa shape index (κ2) is 5.06. The second-order valence-corrected chi connectivity index (χ2v) is 4.77. The van der Waals surface area contributed by atoms with Crippen LogP contribution in [0.2, 0.25) is 0 Å². The lowest BCUT2D eigenvalue weighted by molar-refractivity contribution is -0.132. The van der Waals surface area contributed by atoms with E-state index in [-0.39, 0.29) is 0 Å². The standard InChI is InChI=1S/C13H12BrNO3/c14-10-8-4-2-1-3-7(8)5-6-9(10)11(16)12(17)13(15)18/h1-6,11-12,16-17H,(H2,15,18). The van der Waals surface area contributed by atoms with Gasteiger partial charge in [0.1, 0.15) is 6.10 Å². The average Bonchev–Trinajstić information content (AvgIpc) is 2.37. The summed E-state index contributed by atoms with van der Waals surface area (Å²) in [5.41, 5.74) is 5.40. The maximum atomic E-state index is 10.9. The van der Waals surface area contributed by atoms with Gasteiger partial charge in [-0.05, 0) is 32.3 Å². The van der Waals surface area contributed by atoms with Crippen LogP contribution in [0, 0.1) is 0 Å². The summed E-state index contributed by atoms with van der Waals surface area (Å²) in [6.45, 7) is 0. The predicted octanol–water partition coefficient (Wildman–Crippen LogP) is 1.48. The number of carbonyl (C=O) groups is 1. The number of carbonyl (C=O) groups excluding carboxylic acids is 1. The summed E-state index contributed by atoms with van der Waals surface area (Å²) in [5, 5.41) is 21.3. The maximum Gasteiger partial charge on any atom is 0.249 e. The molecule has 2 atom stereocenters. The summed E-state index contributed by atoms with van der Waals surface area (Å²) < 4.78 is 0.647. The van der Waals surface area contributed by atoms with Gasteiger partial charge in [0, 0.05) is 4.47 Å². The Morgan fingerprint density at radius 2 is 1.83 bits per heavy atom. The summed E-state index contributed by atoms with van der Waals surface area (Å²) in [6.07, 6.45) is -2.97. The molecule has 0 saturated heterocycles. The van der Waals surface area contributed by atoms with Gasteiger partial charge in [0.2, 0.25) is 5.91 Å². The molecule has 4 nitrogen and oxygen atoms in total. The van der Waals surface area contributed by atoms with Gasteiger partial charge < -0.3 is 15.9 Å². The molecule has 0 aliphatic carbocycles. The topological polar surface area (TPSA) is 83.6 Å². The summed E-state index contributed by atoms with van der Waals surface area (Å²) in [5.74, 6) is -0.956. The fourth-order valence-electron chi connectivity index (χ4n) is 1.80. The second-order valence-electron chi connectivity index (χ2n) is 3.98. The molecular formula is C13H12BrNO3. The number of amides is 1. The molecule has 2 aromatic carbocycles. The molecule has 0 spiro atoms. The minimum atomic E-state index is -1.62. The third-order valence-electron chi connectivity index (χ3n) is 2.80. The summed E-state index contributed by atoms with van der Waals surface area (Å²) in [6, 6.07) is 11.1. The van der Waals surface area contributed by atoms with Crippen molar-refractivity contribution in [1.82, 2.24) is 0 Å². The zero-order valence-corrected chi connectivity index (χ0v) is 11.0. The lowest BCUT2D eigenvalue weighted by Crippen LogP contribution is -2.34. The number of rotatable bonds is 3. The molecule has 1 amide bonds. The van der Waals surface area contributed by atoms with E-state index in [9.17, 15) is 15.0 Å². The summed E-state index contributed by atoms with van der Waals surface area (Å²) in [7, 11) is 0. The van der Waals surface area contributed by atoms with Crippen LogP contribution in [-0.2, 0) is 4.79 Å². The highest BCUT2D eigenvalue weighted by molar-refractivity contribution is 9.10. The van der Waals surface area contributed by atoms with Crippen LogP contribution >= 0.6 is 15.9 Å². The molecule has 0 aromatic heterocycles. The SMILES string of the molecule is NC(=O)C(O)C(O)c1ccc2ccccc2c1Br. The molecule has 5 heteroatoms. The largest absolute Gasteiger partial charge is 0.385 e. The number of hydrogen-bond donors (Lipinski definition) is 3. The number of hydrogen-bond acceptors (Lipinski definition) is 3. The molecule has 0 bridgehead atoms. The van der Waals surface area contributed by atoms with E-state index in [4.69, 9.17) is 5.73 Å². The number of halogens is 1. The minimum absolute atomic E-state index is 0.431. The van der Waals surface area contributed by atoms with Gasteiger partial charge in [-0.25, -0.2) is 0 Å². The molecule has 2 unspecified atom stereocenters. The monoisotopic (exact) mass is 309 g/mol. The van der Waals surface area contributed by atoms with Crippen molar-refractivity contribution in [2.45, 2.75) is 12.2 Å². The third kappa shape index (κ3) is 2.25. The van der Waals surface area contributed by atoms with E-state index in [1.54, 1.807) is 6.07 Å². The number of fused-ring (bicyclic) bond motifs is 1. The normalized spacial score (nSPS) is 14.4. The Hall–Kier alpha value is -1.43. The fourth-order valence-corrected chi connectivity index (χ4v) is 2.53. The zero-order valence-electron chi connectivity index (χ0n) is 9.38. The van der Waals surface area contributed by atoms with E-state index < -0.39 is 18.1 Å². The Morgan fingerprint density at radius 3 is 2.50 bits per heavy atom. The van der Waals surface area contributed by atoms with E-state index in [2.05, 4.69) is 15.9 Å². The highest BCUT2D eigenvalue weighted by atomic mass is 79.9. The van der Waals surface area contributed by atoms with Crippen molar-refractivity contribution in [3.05, 3.63) is 46.4 Å². The van der Waals surface area contributed by atoms with E-state index in [1.165, 1.54) is 0 Å². The van der Waals surface area contributed by atoms with Gasteiger partial charge >= 0.3 is 0 Å². The first-order valence-electron chi connectivity index (χ1n) is 5.35. The van der Waals surface area contributed by atoms with E-state index in [0.29, 0.717) is 10.0 Å². The number of aliphatic hydroxyl groups excluding tert-OH is 2. The van der Waals surface area contributed by atoms with Crippen molar-refractivity contribution in [3.63, 3.8) is 0 Å². The van der Waals surface area contributed by atoms with Gasteiger partial charge in [0.15, 0.2) is 6.10 Å². The van der Waals surface area contributed by atoms with Crippen LogP contribution in [0.5, 0.6) is 0 Å². The molecule has 0 aliphatic rings. The lowest BCUT2D eigenvalue weighted by atomic mass is 10.00. The van der Waals surface area contributed by atoms with Crippen LogP contribution in [-0.4, -0.2) is 22.2 Å². The van der Waals surface area contributed by atoms with Crippen molar-refractivity contribution >= 4 is 32.6 Å². The van der Waals surface area contributed by atoms with Gasteiger partial charge in [0.05, 0.1) is 0 Å². The van der Waals surface area contributed by atoms with Gasteiger partial charge in [0.25, 0.3) is 0 Å². The van der Waals surface area contributed by atoms with E-state index in [1.807, 2.05) is 30.3 Å². The van der Waals surface area contributed by atoms with E-state index in [0.717, 1.165) is 10.8 Å². The molecule has 0 radical (unpaired) electrons. The quantitative estimate of drug-likeness (QED) is 0.803. The molecular weight excluding hydrogens is 298 g/mol. The Morgan fingerprint density at radius 1 is 1.17 bits per heavy atom. The van der Waals surface area contributed by atoms with Crippen LogP contribution in [0.25, 0.3) is 10.8 Å². The van der Waals surface area contributed by atoms with Crippen LogP contribution in [0.15, 0.2) is 40.9 Å². The zero-order chi connectivity index (χ0) is 13.3. The van der Waals surface area contributed by atoms with Crippen LogP contribution in [0.3, 0.4) is 0 Å². The van der Waals surface area contributed by atoms with Gasteiger partial charge in [-0.15, -0.1) is 0 Å². The Balaban J connectivity index is 2.52. The van der Waals surface area contributed by atoms with Crippen molar-refractivity contribution < 1.29 is 15.0 Å². The Bertz CT molecular complexity index is 600. The highest BCUT2D eigenvalue weighted by Crippen LogP contribution is 2.32. The number of benzene rings is 2. The first kappa shape index (κ1) is 13.0. The number of primary amides is 1. The highest BCUT2D eigenvalue weighted by Gasteiger charge is 2.25. The Kier molecular flexibility index (Phi) is 3.65. The first-order chi connectivity index (χ1) is 8.52. The molecule has 0 aliphatic heterocycles. The summed E-state index contributed by atoms with van der Waals surface area (Å²) >= 11 is 3.38. The fraction of sp³-hybridized carbons (Fsp3) is 0.154. The molecule has 0 heterocycles. The average molecular weight is 310 g/mol. The molecule has 0 fully saturated rings. The maximum absolute atomic E-state index is 10.9. The van der Waals surface area contributed by atoms with Gasteiger partial charge in [-0.2, -0.15) is 0 Å². The van der Waals surface area contributed by atoms with E-state index >= 15 is 0 Å². The predicted molar refractivity (Wildman–Crippen MR) is 71.8 cm³/mol. The molecule has 2 rings (SSSR count). The minimum Gasteiger partial charge on any atom is -0.385 e. The van der Waals surface area contributed by atoms with Crippen LogP contribution < -0.4 is 5.73 Å². The van der Waals surface area contributed by atoms with Crippen LogP contribution in [0.4, 0.5) is 0 Å². The smallest absolute Gasteiger partial charge is 0.249 e. The van der Waals surface area contributed by atoms with Crippen molar-refractivity contribution in [1.29, 1.82) is 0 Å². The molecule has 94 valence electrons. The molecule has 4 N–H and O–H groups in total.